The summed E-state index contributed by atoms with van der Waals surface area (Å²) in [5.41, 5.74) is 8.65. The molecular formula is C17H17N5OS. The number of nitrogens with one attached hydrogen (secondary N) is 1. The van der Waals surface area contributed by atoms with Gasteiger partial charge in [-0.1, -0.05) is 29.5 Å². The number of benzene rings is 2. The third-order valence-corrected chi connectivity index (χ3v) is 4.34. The van der Waals surface area contributed by atoms with E-state index in [0.717, 1.165) is 21.8 Å². The highest BCUT2D eigenvalue weighted by Crippen LogP contribution is 2.22. The average molecular weight is 339 g/mol. The fourth-order valence-electron chi connectivity index (χ4n) is 2.28. The molecule has 3 rings (SSSR count). The highest BCUT2D eigenvalue weighted by molar-refractivity contribution is 7.98. The molecule has 2 aromatic carbocycles. The van der Waals surface area contributed by atoms with Crippen LogP contribution < -0.4 is 11.1 Å². The molecule has 1 amide bonds. The summed E-state index contributed by atoms with van der Waals surface area (Å²) in [5.74, 6) is -0.173. The van der Waals surface area contributed by atoms with E-state index in [4.69, 9.17) is 5.73 Å². The molecule has 0 bridgehead atoms. The first kappa shape index (κ1) is 16.1. The van der Waals surface area contributed by atoms with Gasteiger partial charge in [-0.05, 0) is 43.0 Å². The molecule has 0 atom stereocenters. The number of nitrogen functional groups attached to an aromatic ring is 1. The molecule has 122 valence electrons. The Bertz CT molecular complexity index is 890. The maximum Gasteiger partial charge on any atom is 0.280 e. The summed E-state index contributed by atoms with van der Waals surface area (Å²) in [6.45, 7) is 1.92. The first-order valence-corrected chi connectivity index (χ1v) is 8.55. The molecule has 0 spiro atoms. The van der Waals surface area contributed by atoms with Crippen molar-refractivity contribution in [1.29, 1.82) is 0 Å². The van der Waals surface area contributed by atoms with Crippen LogP contribution in [-0.4, -0.2) is 27.2 Å². The SMILES string of the molecule is CSc1cccc(-n2nnc(C(=O)Nc3ccccc3C)c2N)c1. The number of thioether (sulfide) groups is 1. The van der Waals surface area contributed by atoms with Gasteiger partial charge in [0.15, 0.2) is 11.5 Å². The minimum Gasteiger partial charge on any atom is -0.382 e. The molecule has 6 nitrogen and oxygen atoms in total. The van der Waals surface area contributed by atoms with Crippen molar-refractivity contribution >= 4 is 29.2 Å². The first-order valence-electron chi connectivity index (χ1n) is 7.32. The number of carbonyl (C=O) groups is 1. The maximum absolute atomic E-state index is 12.4. The Kier molecular flexibility index (Phi) is 4.52. The second-order valence-corrected chi connectivity index (χ2v) is 6.09. The van der Waals surface area contributed by atoms with Gasteiger partial charge in [0.1, 0.15) is 0 Å². The fourth-order valence-corrected chi connectivity index (χ4v) is 2.73. The van der Waals surface area contributed by atoms with Gasteiger partial charge in [-0.25, -0.2) is 0 Å². The Labute approximate surface area is 144 Å². The second-order valence-electron chi connectivity index (χ2n) is 5.21. The lowest BCUT2D eigenvalue weighted by Gasteiger charge is -2.07. The first-order chi connectivity index (χ1) is 11.6. The number of aryl methyl sites for hydroxylation is 1. The third kappa shape index (κ3) is 3.11. The number of hydrogen-bond acceptors (Lipinski definition) is 5. The average Bonchev–Trinajstić information content (AvgIpc) is 2.98. The molecule has 0 radical (unpaired) electrons. The van der Waals surface area contributed by atoms with Crippen LogP contribution in [0.3, 0.4) is 0 Å². The summed E-state index contributed by atoms with van der Waals surface area (Å²) < 4.78 is 1.46. The van der Waals surface area contributed by atoms with Crippen molar-refractivity contribution in [2.45, 2.75) is 11.8 Å². The van der Waals surface area contributed by atoms with E-state index in [-0.39, 0.29) is 17.4 Å². The molecule has 3 N–H and O–H groups in total. The van der Waals surface area contributed by atoms with Gasteiger partial charge in [0.05, 0.1) is 5.69 Å². The molecule has 0 unspecified atom stereocenters. The molecule has 0 aliphatic rings. The van der Waals surface area contributed by atoms with Crippen molar-refractivity contribution in [3.63, 3.8) is 0 Å². The Hall–Kier alpha value is -2.80. The molecule has 24 heavy (non-hydrogen) atoms. The van der Waals surface area contributed by atoms with Crippen LogP contribution in [0.25, 0.3) is 5.69 Å². The molecule has 0 aliphatic heterocycles. The van der Waals surface area contributed by atoms with Gasteiger partial charge in [0, 0.05) is 10.6 Å². The minimum absolute atomic E-state index is 0.104. The molecule has 0 fully saturated rings. The van der Waals surface area contributed by atoms with E-state index in [0.29, 0.717) is 0 Å². The van der Waals surface area contributed by atoms with Gasteiger partial charge in [-0.2, -0.15) is 4.68 Å². The monoisotopic (exact) mass is 339 g/mol. The summed E-state index contributed by atoms with van der Waals surface area (Å²) in [5, 5.41) is 10.8. The predicted molar refractivity (Wildman–Crippen MR) is 96.7 cm³/mol. The fraction of sp³-hybridized carbons (Fsp3) is 0.118. The number of para-hydroxylation sites is 1. The Morgan fingerprint density at radius 2 is 2.00 bits per heavy atom. The number of carbonyl (C=O) groups excluding carboxylic acids is 1. The Morgan fingerprint density at radius 3 is 2.75 bits per heavy atom. The lowest BCUT2D eigenvalue weighted by molar-refractivity contribution is 0.102. The van der Waals surface area contributed by atoms with Crippen LogP contribution in [0.15, 0.2) is 53.4 Å². The summed E-state index contributed by atoms with van der Waals surface area (Å²) >= 11 is 1.62. The van der Waals surface area contributed by atoms with E-state index in [1.165, 1.54) is 4.68 Å². The number of rotatable bonds is 4. The van der Waals surface area contributed by atoms with Crippen molar-refractivity contribution in [1.82, 2.24) is 15.0 Å². The van der Waals surface area contributed by atoms with Crippen molar-refractivity contribution in [2.24, 2.45) is 0 Å². The normalized spacial score (nSPS) is 10.6. The van der Waals surface area contributed by atoms with Crippen LogP contribution in [0.1, 0.15) is 16.1 Å². The van der Waals surface area contributed by atoms with E-state index in [9.17, 15) is 4.79 Å². The number of nitrogens with two attached hydrogens (primary N) is 1. The summed E-state index contributed by atoms with van der Waals surface area (Å²) in [6, 6.07) is 15.2. The third-order valence-electron chi connectivity index (χ3n) is 3.61. The minimum atomic E-state index is -0.380. The highest BCUT2D eigenvalue weighted by atomic mass is 32.2. The van der Waals surface area contributed by atoms with E-state index in [1.807, 2.05) is 61.7 Å². The maximum atomic E-state index is 12.4. The van der Waals surface area contributed by atoms with E-state index >= 15 is 0 Å². The van der Waals surface area contributed by atoms with Crippen LogP contribution in [0.5, 0.6) is 0 Å². The molecule has 0 aliphatic carbocycles. The molecule has 0 saturated heterocycles. The van der Waals surface area contributed by atoms with Gasteiger partial charge in [-0.3, -0.25) is 4.79 Å². The second kappa shape index (κ2) is 6.76. The Balaban J connectivity index is 1.89. The van der Waals surface area contributed by atoms with Crippen molar-refractivity contribution in [2.75, 3.05) is 17.3 Å². The Morgan fingerprint density at radius 1 is 1.21 bits per heavy atom. The summed E-state index contributed by atoms with van der Waals surface area (Å²) in [4.78, 5) is 13.5. The lowest BCUT2D eigenvalue weighted by Crippen LogP contribution is -2.15. The quantitative estimate of drug-likeness (QED) is 0.713. The van der Waals surface area contributed by atoms with Crippen molar-refractivity contribution in [3.8, 4) is 5.69 Å². The zero-order valence-electron chi connectivity index (χ0n) is 13.4. The van der Waals surface area contributed by atoms with Crippen LogP contribution in [0.4, 0.5) is 11.5 Å². The summed E-state index contributed by atoms with van der Waals surface area (Å²) in [6.07, 6.45) is 1.99. The topological polar surface area (TPSA) is 85.8 Å². The van der Waals surface area contributed by atoms with Gasteiger partial charge < -0.3 is 11.1 Å². The molecule has 1 aromatic heterocycles. The molecular weight excluding hydrogens is 322 g/mol. The van der Waals surface area contributed by atoms with Crippen LogP contribution in [-0.2, 0) is 0 Å². The van der Waals surface area contributed by atoms with Crippen molar-refractivity contribution in [3.05, 3.63) is 59.8 Å². The number of anilines is 2. The molecule has 7 heteroatoms. The van der Waals surface area contributed by atoms with Crippen LogP contribution >= 0.6 is 11.8 Å². The zero-order chi connectivity index (χ0) is 17.1. The van der Waals surface area contributed by atoms with Gasteiger partial charge >= 0.3 is 0 Å². The number of nitrogens with zero attached hydrogens (tertiary/aromatic N) is 3. The van der Waals surface area contributed by atoms with Gasteiger partial charge in [-0.15, -0.1) is 16.9 Å². The van der Waals surface area contributed by atoms with E-state index in [2.05, 4.69) is 15.6 Å². The number of amides is 1. The van der Waals surface area contributed by atoms with Gasteiger partial charge in [0.25, 0.3) is 5.91 Å². The van der Waals surface area contributed by atoms with E-state index in [1.54, 1.807) is 11.8 Å². The van der Waals surface area contributed by atoms with Crippen molar-refractivity contribution < 1.29 is 4.79 Å². The predicted octanol–water partition coefficient (Wildman–Crippen LogP) is 3.13. The number of aromatic nitrogens is 3. The van der Waals surface area contributed by atoms with Crippen LogP contribution in [0.2, 0.25) is 0 Å². The zero-order valence-corrected chi connectivity index (χ0v) is 14.2. The van der Waals surface area contributed by atoms with Crippen LogP contribution in [0, 0.1) is 6.92 Å². The molecule has 1 heterocycles. The van der Waals surface area contributed by atoms with Gasteiger partial charge in [0.2, 0.25) is 0 Å². The highest BCUT2D eigenvalue weighted by Gasteiger charge is 2.19. The number of hydrogen-bond donors (Lipinski definition) is 2. The summed E-state index contributed by atoms with van der Waals surface area (Å²) in [7, 11) is 0. The smallest absolute Gasteiger partial charge is 0.280 e. The van der Waals surface area contributed by atoms with E-state index < -0.39 is 0 Å². The lowest BCUT2D eigenvalue weighted by atomic mass is 10.2. The molecule has 3 aromatic rings. The standard InChI is InChI=1S/C17H17N5OS/c1-11-6-3-4-9-14(11)19-17(23)15-16(18)22(21-20-15)12-7-5-8-13(10-12)24-2/h3-10H,18H2,1-2H3,(H,19,23). The largest absolute Gasteiger partial charge is 0.382 e. The molecule has 0 saturated carbocycles.